The van der Waals surface area contributed by atoms with Crippen molar-refractivity contribution < 1.29 is 19.4 Å². The maximum atomic E-state index is 12.3. The van der Waals surface area contributed by atoms with Crippen molar-refractivity contribution >= 4 is 11.6 Å². The van der Waals surface area contributed by atoms with Crippen LogP contribution in [-0.4, -0.2) is 23.1 Å². The van der Waals surface area contributed by atoms with E-state index in [1.165, 1.54) is 19.4 Å². The standard InChI is InChI=1S/C20H18N2O4/c1-25-17-11-12-21-18(19(17)23)20(24)22-15-7-9-16(10-8-15)26-13-14-5-3-2-4-6-14/h2-12,23H,13H2,1H3,(H,22,24). The highest BCUT2D eigenvalue weighted by Crippen LogP contribution is 2.28. The lowest BCUT2D eigenvalue weighted by molar-refractivity contribution is 0.101. The number of benzene rings is 2. The maximum absolute atomic E-state index is 12.3. The van der Waals surface area contributed by atoms with Gasteiger partial charge in [0.1, 0.15) is 12.4 Å². The van der Waals surface area contributed by atoms with E-state index in [-0.39, 0.29) is 17.2 Å². The molecule has 0 saturated heterocycles. The molecule has 2 N–H and O–H groups in total. The van der Waals surface area contributed by atoms with Crippen LogP contribution in [0.15, 0.2) is 66.9 Å². The molecule has 0 saturated carbocycles. The summed E-state index contributed by atoms with van der Waals surface area (Å²) in [7, 11) is 1.41. The molecule has 6 heteroatoms. The van der Waals surface area contributed by atoms with Gasteiger partial charge in [-0.3, -0.25) is 4.79 Å². The summed E-state index contributed by atoms with van der Waals surface area (Å²) in [5.74, 6) is 0.0543. The number of aromatic nitrogens is 1. The zero-order valence-electron chi connectivity index (χ0n) is 14.2. The fourth-order valence-corrected chi connectivity index (χ4v) is 2.33. The molecule has 132 valence electrons. The van der Waals surface area contributed by atoms with Crippen LogP contribution >= 0.6 is 0 Å². The lowest BCUT2D eigenvalue weighted by Gasteiger charge is -2.10. The van der Waals surface area contributed by atoms with Crippen LogP contribution in [0.3, 0.4) is 0 Å². The van der Waals surface area contributed by atoms with Crippen molar-refractivity contribution in [1.29, 1.82) is 0 Å². The number of nitrogens with zero attached hydrogens (tertiary/aromatic N) is 1. The van der Waals surface area contributed by atoms with E-state index in [4.69, 9.17) is 9.47 Å². The Morgan fingerprint density at radius 1 is 1.08 bits per heavy atom. The molecule has 0 atom stereocenters. The molecule has 0 radical (unpaired) electrons. The van der Waals surface area contributed by atoms with Crippen molar-refractivity contribution in [3.8, 4) is 17.2 Å². The van der Waals surface area contributed by atoms with Crippen LogP contribution in [0, 0.1) is 0 Å². The number of hydrogen-bond donors (Lipinski definition) is 2. The van der Waals surface area contributed by atoms with Crippen LogP contribution in [0.4, 0.5) is 5.69 Å². The van der Waals surface area contributed by atoms with Gasteiger partial charge in [-0.05, 0) is 29.8 Å². The number of amides is 1. The molecule has 0 aliphatic carbocycles. The zero-order chi connectivity index (χ0) is 18.4. The third kappa shape index (κ3) is 4.10. The van der Waals surface area contributed by atoms with E-state index in [0.29, 0.717) is 18.0 Å². The number of carbonyl (C=O) groups is 1. The summed E-state index contributed by atoms with van der Waals surface area (Å²) in [6, 6.07) is 18.3. The van der Waals surface area contributed by atoms with Crippen molar-refractivity contribution in [2.24, 2.45) is 0 Å². The van der Waals surface area contributed by atoms with Crippen molar-refractivity contribution in [2.75, 3.05) is 12.4 Å². The maximum Gasteiger partial charge on any atom is 0.278 e. The molecule has 1 aromatic heterocycles. The van der Waals surface area contributed by atoms with Crippen molar-refractivity contribution in [3.63, 3.8) is 0 Å². The number of rotatable bonds is 6. The highest BCUT2D eigenvalue weighted by atomic mass is 16.5. The van der Waals surface area contributed by atoms with Gasteiger partial charge >= 0.3 is 0 Å². The number of nitrogens with one attached hydrogen (secondary N) is 1. The van der Waals surface area contributed by atoms with Crippen molar-refractivity contribution in [2.45, 2.75) is 6.61 Å². The summed E-state index contributed by atoms with van der Waals surface area (Å²) >= 11 is 0. The average Bonchev–Trinajstić information content (AvgIpc) is 2.68. The predicted octanol–water partition coefficient (Wildman–Crippen LogP) is 3.63. The van der Waals surface area contributed by atoms with E-state index < -0.39 is 5.91 Å². The van der Waals surface area contributed by atoms with Gasteiger partial charge in [0.15, 0.2) is 17.2 Å². The molecule has 0 fully saturated rings. The Morgan fingerprint density at radius 2 is 1.81 bits per heavy atom. The molecule has 1 heterocycles. The van der Waals surface area contributed by atoms with E-state index in [0.717, 1.165) is 5.56 Å². The first-order chi connectivity index (χ1) is 12.7. The van der Waals surface area contributed by atoms with Crippen molar-refractivity contribution in [1.82, 2.24) is 4.98 Å². The first-order valence-electron chi connectivity index (χ1n) is 7.97. The fraction of sp³-hybridized carbons (Fsp3) is 0.100. The number of anilines is 1. The van der Waals surface area contributed by atoms with Gasteiger partial charge in [-0.25, -0.2) is 4.98 Å². The molecule has 0 bridgehead atoms. The Labute approximate surface area is 151 Å². The summed E-state index contributed by atoms with van der Waals surface area (Å²) in [6.07, 6.45) is 1.40. The third-order valence-electron chi connectivity index (χ3n) is 3.68. The number of methoxy groups -OCH3 is 1. The number of carbonyl (C=O) groups excluding carboxylic acids is 1. The number of pyridine rings is 1. The topological polar surface area (TPSA) is 80.7 Å². The molecular formula is C20H18N2O4. The first-order valence-corrected chi connectivity index (χ1v) is 7.97. The van der Waals surface area contributed by atoms with E-state index in [9.17, 15) is 9.90 Å². The molecule has 0 unspecified atom stereocenters. The lowest BCUT2D eigenvalue weighted by atomic mass is 10.2. The SMILES string of the molecule is COc1ccnc(C(=O)Nc2ccc(OCc3ccccc3)cc2)c1O. The molecule has 0 spiro atoms. The molecule has 6 nitrogen and oxygen atoms in total. The van der Waals surface area contributed by atoms with Gasteiger partial charge in [-0.2, -0.15) is 0 Å². The molecule has 1 amide bonds. The molecule has 3 aromatic rings. The van der Waals surface area contributed by atoms with Crippen LogP contribution in [0.25, 0.3) is 0 Å². The number of aromatic hydroxyl groups is 1. The van der Waals surface area contributed by atoms with Gasteiger partial charge in [0.25, 0.3) is 5.91 Å². The smallest absolute Gasteiger partial charge is 0.278 e. The predicted molar refractivity (Wildman–Crippen MR) is 97.6 cm³/mol. The van der Waals surface area contributed by atoms with Crippen LogP contribution in [-0.2, 0) is 6.61 Å². The first kappa shape index (κ1) is 17.3. The van der Waals surface area contributed by atoms with Gasteiger partial charge in [0.05, 0.1) is 7.11 Å². The Hall–Kier alpha value is -3.54. The quantitative estimate of drug-likeness (QED) is 0.710. The summed E-state index contributed by atoms with van der Waals surface area (Å²) in [5, 5.41) is 12.7. The van der Waals surface area contributed by atoms with Gasteiger partial charge in [0, 0.05) is 18.0 Å². The normalized spacial score (nSPS) is 10.2. The number of hydrogen-bond acceptors (Lipinski definition) is 5. The fourth-order valence-electron chi connectivity index (χ4n) is 2.33. The van der Waals surface area contributed by atoms with E-state index in [1.807, 2.05) is 30.3 Å². The van der Waals surface area contributed by atoms with Gasteiger partial charge in [0.2, 0.25) is 0 Å². The van der Waals surface area contributed by atoms with Crippen LogP contribution < -0.4 is 14.8 Å². The monoisotopic (exact) mass is 350 g/mol. The second kappa shape index (κ2) is 8.02. The Bertz CT molecular complexity index is 880. The number of ether oxygens (including phenoxy) is 2. The largest absolute Gasteiger partial charge is 0.503 e. The lowest BCUT2D eigenvalue weighted by Crippen LogP contribution is -2.14. The third-order valence-corrected chi connectivity index (χ3v) is 3.68. The van der Waals surface area contributed by atoms with Gasteiger partial charge in [-0.1, -0.05) is 30.3 Å². The highest BCUT2D eigenvalue weighted by molar-refractivity contribution is 6.05. The molecule has 26 heavy (non-hydrogen) atoms. The molecular weight excluding hydrogens is 332 g/mol. The summed E-state index contributed by atoms with van der Waals surface area (Å²) < 4.78 is 10.7. The molecule has 2 aromatic carbocycles. The summed E-state index contributed by atoms with van der Waals surface area (Å²) in [4.78, 5) is 16.2. The van der Waals surface area contributed by atoms with E-state index in [2.05, 4.69) is 10.3 Å². The average molecular weight is 350 g/mol. The van der Waals surface area contributed by atoms with E-state index >= 15 is 0 Å². The Balaban J connectivity index is 1.63. The van der Waals surface area contributed by atoms with Gasteiger partial charge < -0.3 is 19.9 Å². The second-order valence-corrected chi connectivity index (χ2v) is 5.46. The Kier molecular flexibility index (Phi) is 5.34. The summed E-state index contributed by atoms with van der Waals surface area (Å²) in [6.45, 7) is 0.466. The van der Waals surface area contributed by atoms with Crippen molar-refractivity contribution in [3.05, 3.63) is 78.1 Å². The molecule has 0 aliphatic rings. The highest BCUT2D eigenvalue weighted by Gasteiger charge is 2.16. The molecule has 0 aliphatic heterocycles. The minimum Gasteiger partial charge on any atom is -0.503 e. The minimum atomic E-state index is -0.528. The zero-order valence-corrected chi connectivity index (χ0v) is 14.2. The minimum absolute atomic E-state index is 0.103. The van der Waals surface area contributed by atoms with Crippen LogP contribution in [0.1, 0.15) is 16.1 Å². The van der Waals surface area contributed by atoms with Crippen LogP contribution in [0.2, 0.25) is 0 Å². The van der Waals surface area contributed by atoms with E-state index in [1.54, 1.807) is 24.3 Å². The molecule has 3 rings (SSSR count). The van der Waals surface area contributed by atoms with Crippen LogP contribution in [0.5, 0.6) is 17.2 Å². The summed E-state index contributed by atoms with van der Waals surface area (Å²) in [5.41, 5.74) is 1.53. The Morgan fingerprint density at radius 3 is 2.50 bits per heavy atom. The van der Waals surface area contributed by atoms with Gasteiger partial charge in [-0.15, -0.1) is 0 Å². The second-order valence-electron chi connectivity index (χ2n) is 5.46.